The van der Waals surface area contributed by atoms with Gasteiger partial charge < -0.3 is 4.90 Å². The van der Waals surface area contributed by atoms with E-state index in [0.717, 1.165) is 64.2 Å². The quantitative estimate of drug-likeness (QED) is 0.526. The summed E-state index contributed by atoms with van der Waals surface area (Å²) in [7, 11) is 0. The summed E-state index contributed by atoms with van der Waals surface area (Å²) in [6.07, 6.45) is 1.67. The van der Waals surface area contributed by atoms with Gasteiger partial charge in [-0.15, -0.1) is 0 Å². The SMILES string of the molecule is O=C(c1ccccc1)C1CCN(CC(=O)N2CCN(Cc3cccc4ccccc34)CC2)CC1. The summed E-state index contributed by atoms with van der Waals surface area (Å²) in [6.45, 7) is 6.40. The number of likely N-dealkylation sites (tertiary alicyclic amines) is 1. The zero-order chi connectivity index (χ0) is 23.3. The van der Waals surface area contributed by atoms with Gasteiger partial charge >= 0.3 is 0 Å². The highest BCUT2D eigenvalue weighted by Crippen LogP contribution is 2.23. The highest BCUT2D eigenvalue weighted by molar-refractivity contribution is 5.97. The Morgan fingerprint density at radius 1 is 0.706 bits per heavy atom. The van der Waals surface area contributed by atoms with Crippen LogP contribution < -0.4 is 0 Å². The van der Waals surface area contributed by atoms with Crippen LogP contribution in [0, 0.1) is 5.92 Å². The molecule has 3 aromatic carbocycles. The maximum Gasteiger partial charge on any atom is 0.236 e. The van der Waals surface area contributed by atoms with Crippen molar-refractivity contribution in [2.45, 2.75) is 19.4 Å². The van der Waals surface area contributed by atoms with Crippen LogP contribution in [0.25, 0.3) is 10.8 Å². The van der Waals surface area contributed by atoms with Gasteiger partial charge in [-0.25, -0.2) is 0 Å². The summed E-state index contributed by atoms with van der Waals surface area (Å²) in [5.74, 6) is 0.540. The van der Waals surface area contributed by atoms with Gasteiger partial charge in [-0.1, -0.05) is 72.8 Å². The molecule has 1 amide bonds. The number of carbonyl (C=O) groups excluding carboxylic acids is 2. The van der Waals surface area contributed by atoms with Crippen LogP contribution >= 0.6 is 0 Å². The van der Waals surface area contributed by atoms with Crippen molar-refractivity contribution in [1.29, 1.82) is 0 Å². The van der Waals surface area contributed by atoms with Crippen molar-refractivity contribution in [3.63, 3.8) is 0 Å². The number of piperidine rings is 1. The molecule has 5 rings (SSSR count). The lowest BCUT2D eigenvalue weighted by molar-refractivity contribution is -0.134. The Morgan fingerprint density at radius 3 is 2.15 bits per heavy atom. The van der Waals surface area contributed by atoms with E-state index in [9.17, 15) is 9.59 Å². The normalized spacial score (nSPS) is 18.3. The molecular formula is C29H33N3O2. The third kappa shape index (κ3) is 5.21. The molecule has 0 aliphatic carbocycles. The number of hydrogen-bond acceptors (Lipinski definition) is 4. The van der Waals surface area contributed by atoms with Gasteiger partial charge in [0.1, 0.15) is 0 Å². The number of carbonyl (C=O) groups is 2. The summed E-state index contributed by atoms with van der Waals surface area (Å²) in [4.78, 5) is 32.3. The Labute approximate surface area is 202 Å². The molecular weight excluding hydrogens is 422 g/mol. The fraction of sp³-hybridized carbons (Fsp3) is 0.379. The van der Waals surface area contributed by atoms with Crippen LogP contribution in [0.4, 0.5) is 0 Å². The Kier molecular flexibility index (Phi) is 7.02. The Morgan fingerprint density at radius 2 is 1.38 bits per heavy atom. The van der Waals surface area contributed by atoms with E-state index < -0.39 is 0 Å². The largest absolute Gasteiger partial charge is 0.339 e. The standard InChI is InChI=1S/C29H33N3O2/c33-28(22-30-15-13-25(14-16-30)29(34)24-8-2-1-3-9-24)32-19-17-31(18-20-32)21-26-11-6-10-23-7-4-5-12-27(23)26/h1-12,25H,13-22H2. The second kappa shape index (κ2) is 10.5. The summed E-state index contributed by atoms with van der Waals surface area (Å²) in [5.41, 5.74) is 2.16. The monoisotopic (exact) mass is 455 g/mol. The van der Waals surface area contributed by atoms with Crippen molar-refractivity contribution >= 4 is 22.5 Å². The Bertz CT molecular complexity index is 1130. The van der Waals surface area contributed by atoms with Gasteiger partial charge in [0.25, 0.3) is 0 Å². The fourth-order valence-corrected chi connectivity index (χ4v) is 5.31. The molecule has 2 saturated heterocycles. The van der Waals surface area contributed by atoms with Gasteiger partial charge in [0.2, 0.25) is 5.91 Å². The molecule has 0 aromatic heterocycles. The molecule has 2 aliphatic heterocycles. The molecule has 5 heteroatoms. The lowest BCUT2D eigenvalue weighted by Crippen LogP contribution is -2.51. The van der Waals surface area contributed by atoms with Gasteiger partial charge in [0.15, 0.2) is 5.78 Å². The van der Waals surface area contributed by atoms with E-state index in [2.05, 4.69) is 52.3 Å². The number of ketones is 1. The number of rotatable bonds is 6. The lowest BCUT2D eigenvalue weighted by atomic mass is 9.89. The molecule has 5 nitrogen and oxygen atoms in total. The van der Waals surface area contributed by atoms with Crippen molar-refractivity contribution in [1.82, 2.24) is 14.7 Å². The molecule has 3 aromatic rings. The van der Waals surface area contributed by atoms with Gasteiger partial charge in [0.05, 0.1) is 6.54 Å². The predicted molar refractivity (Wildman–Crippen MR) is 136 cm³/mol. The van der Waals surface area contributed by atoms with Crippen LogP contribution in [0.3, 0.4) is 0 Å². The summed E-state index contributed by atoms with van der Waals surface area (Å²) >= 11 is 0. The number of benzene rings is 3. The van der Waals surface area contributed by atoms with Gasteiger partial charge in [0, 0.05) is 44.2 Å². The molecule has 0 radical (unpaired) electrons. The molecule has 2 heterocycles. The van der Waals surface area contributed by atoms with Crippen molar-refractivity contribution in [3.05, 3.63) is 83.9 Å². The number of fused-ring (bicyclic) bond motifs is 1. The number of hydrogen-bond donors (Lipinski definition) is 0. The minimum Gasteiger partial charge on any atom is -0.339 e. The van der Waals surface area contributed by atoms with Crippen LogP contribution in [0.2, 0.25) is 0 Å². The minimum absolute atomic E-state index is 0.0753. The molecule has 0 saturated carbocycles. The van der Waals surface area contributed by atoms with Gasteiger partial charge in [-0.3, -0.25) is 19.4 Å². The summed E-state index contributed by atoms with van der Waals surface area (Å²) < 4.78 is 0. The Balaban J connectivity index is 1.08. The number of piperazine rings is 1. The van der Waals surface area contributed by atoms with E-state index in [1.807, 2.05) is 35.2 Å². The first-order valence-electron chi connectivity index (χ1n) is 12.5. The zero-order valence-electron chi connectivity index (χ0n) is 19.7. The van der Waals surface area contributed by atoms with Crippen LogP contribution in [-0.2, 0) is 11.3 Å². The maximum absolute atomic E-state index is 12.9. The van der Waals surface area contributed by atoms with E-state index >= 15 is 0 Å². The van der Waals surface area contributed by atoms with Crippen LogP contribution in [0.1, 0.15) is 28.8 Å². The van der Waals surface area contributed by atoms with Crippen molar-refractivity contribution in [3.8, 4) is 0 Å². The fourth-order valence-electron chi connectivity index (χ4n) is 5.31. The smallest absolute Gasteiger partial charge is 0.236 e. The first kappa shape index (κ1) is 22.8. The average Bonchev–Trinajstić information content (AvgIpc) is 2.90. The minimum atomic E-state index is 0.0753. The second-order valence-electron chi connectivity index (χ2n) is 9.58. The van der Waals surface area contributed by atoms with Crippen molar-refractivity contribution < 1.29 is 9.59 Å². The van der Waals surface area contributed by atoms with Crippen molar-refractivity contribution in [2.75, 3.05) is 45.8 Å². The molecule has 0 atom stereocenters. The first-order chi connectivity index (χ1) is 16.7. The molecule has 0 bridgehead atoms. The first-order valence-corrected chi connectivity index (χ1v) is 12.5. The Hall–Kier alpha value is -3.02. The summed E-state index contributed by atoms with van der Waals surface area (Å²) in [5, 5.41) is 2.60. The van der Waals surface area contributed by atoms with Gasteiger partial charge in [-0.05, 0) is 42.3 Å². The molecule has 176 valence electrons. The molecule has 0 N–H and O–H groups in total. The third-order valence-corrected chi connectivity index (χ3v) is 7.37. The zero-order valence-corrected chi connectivity index (χ0v) is 19.7. The lowest BCUT2D eigenvalue weighted by Gasteiger charge is -2.37. The second-order valence-corrected chi connectivity index (χ2v) is 9.58. The van der Waals surface area contributed by atoms with Crippen molar-refractivity contribution in [2.24, 2.45) is 5.92 Å². The highest BCUT2D eigenvalue weighted by Gasteiger charge is 2.28. The van der Waals surface area contributed by atoms with Crippen LogP contribution in [0.5, 0.6) is 0 Å². The molecule has 0 spiro atoms. The van der Waals surface area contributed by atoms with E-state index in [1.54, 1.807) is 0 Å². The molecule has 34 heavy (non-hydrogen) atoms. The topological polar surface area (TPSA) is 43.9 Å². The summed E-state index contributed by atoms with van der Waals surface area (Å²) in [6, 6.07) is 24.6. The predicted octanol–water partition coefficient (Wildman–Crippen LogP) is 4.08. The van der Waals surface area contributed by atoms with Crippen LogP contribution in [0.15, 0.2) is 72.8 Å². The van der Waals surface area contributed by atoms with E-state index in [4.69, 9.17) is 0 Å². The third-order valence-electron chi connectivity index (χ3n) is 7.37. The molecule has 2 fully saturated rings. The van der Waals surface area contributed by atoms with Gasteiger partial charge in [-0.2, -0.15) is 0 Å². The number of nitrogens with zero attached hydrogens (tertiary/aromatic N) is 3. The highest BCUT2D eigenvalue weighted by atomic mass is 16.2. The van der Waals surface area contributed by atoms with E-state index in [1.165, 1.54) is 16.3 Å². The number of amides is 1. The average molecular weight is 456 g/mol. The maximum atomic E-state index is 12.9. The van der Waals surface area contributed by atoms with E-state index in [-0.39, 0.29) is 17.6 Å². The number of Topliss-reactive ketones (excluding diaryl/α,β-unsaturated/α-hetero) is 1. The molecule has 2 aliphatic rings. The molecule has 0 unspecified atom stereocenters. The van der Waals surface area contributed by atoms with E-state index in [0.29, 0.717) is 6.54 Å². The van der Waals surface area contributed by atoms with Crippen LogP contribution in [-0.4, -0.2) is 72.2 Å².